The van der Waals surface area contributed by atoms with Gasteiger partial charge in [-0.2, -0.15) is 0 Å². The summed E-state index contributed by atoms with van der Waals surface area (Å²) in [6, 6.07) is 15.2. The van der Waals surface area contributed by atoms with Crippen molar-refractivity contribution in [2.45, 2.75) is 25.3 Å². The first-order chi connectivity index (χ1) is 14.5. The fourth-order valence-electron chi connectivity index (χ4n) is 4.15. The second-order valence-electron chi connectivity index (χ2n) is 7.63. The average Bonchev–Trinajstić information content (AvgIpc) is 3.39. The van der Waals surface area contributed by atoms with E-state index in [1.807, 2.05) is 41.3 Å². The van der Waals surface area contributed by atoms with E-state index in [-0.39, 0.29) is 17.7 Å². The Morgan fingerprint density at radius 1 is 1.03 bits per heavy atom. The third-order valence-corrected chi connectivity index (χ3v) is 7.60. The standard InChI is InChI=1S/C23H26N2O4S/c1-29-21-12-8-19(9-13-21)22-4-2-15-24(22)23(26)14-7-18-5-10-20(11-6-18)25-16-3-17-30(25,27)28/h5-14,22H,2-4,15-17H2,1H3/b14-7+. The van der Waals surface area contributed by atoms with Crippen molar-refractivity contribution in [2.24, 2.45) is 0 Å². The zero-order valence-electron chi connectivity index (χ0n) is 17.0. The van der Waals surface area contributed by atoms with E-state index in [0.717, 1.165) is 36.3 Å². The molecule has 4 rings (SSSR count). The number of ether oxygens (including phenoxy) is 1. The number of anilines is 1. The molecule has 30 heavy (non-hydrogen) atoms. The highest BCUT2D eigenvalue weighted by atomic mass is 32.2. The normalized spacial score (nSPS) is 20.8. The smallest absolute Gasteiger partial charge is 0.247 e. The van der Waals surface area contributed by atoms with Crippen LogP contribution in [0, 0.1) is 0 Å². The van der Waals surface area contributed by atoms with Crippen LogP contribution in [0.2, 0.25) is 0 Å². The van der Waals surface area contributed by atoms with Crippen molar-refractivity contribution in [1.82, 2.24) is 4.90 Å². The van der Waals surface area contributed by atoms with Gasteiger partial charge in [0.05, 0.1) is 24.6 Å². The quantitative estimate of drug-likeness (QED) is 0.685. The van der Waals surface area contributed by atoms with Crippen molar-refractivity contribution in [1.29, 1.82) is 0 Å². The molecular weight excluding hydrogens is 400 g/mol. The van der Waals surface area contributed by atoms with Gasteiger partial charge in [-0.15, -0.1) is 0 Å². The molecule has 0 saturated carbocycles. The SMILES string of the molecule is COc1ccc(C2CCCN2C(=O)/C=C/c2ccc(N3CCCS3(=O)=O)cc2)cc1. The molecule has 0 aliphatic carbocycles. The minimum atomic E-state index is -3.18. The monoisotopic (exact) mass is 426 g/mol. The summed E-state index contributed by atoms with van der Waals surface area (Å²) in [6.45, 7) is 1.27. The molecular formula is C23H26N2O4S. The number of sulfonamides is 1. The van der Waals surface area contributed by atoms with Gasteiger partial charge in [0.15, 0.2) is 0 Å². The molecule has 2 aromatic carbocycles. The Balaban J connectivity index is 1.43. The third-order valence-electron chi connectivity index (χ3n) is 5.74. The van der Waals surface area contributed by atoms with E-state index in [4.69, 9.17) is 4.74 Å². The second-order valence-corrected chi connectivity index (χ2v) is 9.64. The number of amides is 1. The maximum absolute atomic E-state index is 12.8. The fourth-order valence-corrected chi connectivity index (χ4v) is 5.71. The van der Waals surface area contributed by atoms with Gasteiger partial charge >= 0.3 is 0 Å². The van der Waals surface area contributed by atoms with Gasteiger partial charge < -0.3 is 9.64 Å². The molecule has 2 saturated heterocycles. The Hall–Kier alpha value is -2.80. The number of likely N-dealkylation sites (tertiary alicyclic amines) is 1. The molecule has 1 atom stereocenters. The summed E-state index contributed by atoms with van der Waals surface area (Å²) in [5, 5.41) is 0. The third kappa shape index (κ3) is 4.21. The van der Waals surface area contributed by atoms with E-state index in [1.165, 1.54) is 4.31 Å². The number of benzene rings is 2. The van der Waals surface area contributed by atoms with Gasteiger partial charge in [-0.25, -0.2) is 8.42 Å². The molecule has 0 bridgehead atoms. The van der Waals surface area contributed by atoms with Crippen LogP contribution in [0.1, 0.15) is 36.4 Å². The lowest BCUT2D eigenvalue weighted by molar-refractivity contribution is -0.126. The fraction of sp³-hybridized carbons (Fsp3) is 0.348. The largest absolute Gasteiger partial charge is 0.497 e. The molecule has 2 heterocycles. The molecule has 0 aromatic heterocycles. The molecule has 0 N–H and O–H groups in total. The van der Waals surface area contributed by atoms with Gasteiger partial charge in [0.1, 0.15) is 5.75 Å². The van der Waals surface area contributed by atoms with E-state index in [1.54, 1.807) is 31.4 Å². The number of nitrogens with zero attached hydrogens (tertiary/aromatic N) is 2. The van der Waals surface area contributed by atoms with Crippen LogP contribution in [0.5, 0.6) is 5.75 Å². The maximum Gasteiger partial charge on any atom is 0.247 e. The summed E-state index contributed by atoms with van der Waals surface area (Å²) < 4.78 is 30.8. The lowest BCUT2D eigenvalue weighted by Gasteiger charge is -2.24. The van der Waals surface area contributed by atoms with E-state index >= 15 is 0 Å². The minimum Gasteiger partial charge on any atom is -0.497 e. The Kier molecular flexibility index (Phi) is 5.81. The molecule has 0 spiro atoms. The van der Waals surface area contributed by atoms with Crippen molar-refractivity contribution in [3.05, 3.63) is 65.7 Å². The van der Waals surface area contributed by atoms with Crippen LogP contribution in [-0.2, 0) is 14.8 Å². The van der Waals surface area contributed by atoms with Crippen LogP contribution in [0.25, 0.3) is 6.08 Å². The van der Waals surface area contributed by atoms with Crippen LogP contribution in [0.3, 0.4) is 0 Å². The highest BCUT2D eigenvalue weighted by molar-refractivity contribution is 7.93. The zero-order chi connectivity index (χ0) is 21.1. The van der Waals surface area contributed by atoms with Gasteiger partial charge in [-0.1, -0.05) is 24.3 Å². The van der Waals surface area contributed by atoms with Gasteiger partial charge in [0.2, 0.25) is 15.9 Å². The van der Waals surface area contributed by atoms with Crippen LogP contribution < -0.4 is 9.04 Å². The predicted octanol–water partition coefficient (Wildman–Crippen LogP) is 3.61. The zero-order valence-corrected chi connectivity index (χ0v) is 17.8. The maximum atomic E-state index is 12.8. The number of carbonyl (C=O) groups excluding carboxylic acids is 1. The number of hydrogen-bond acceptors (Lipinski definition) is 4. The Morgan fingerprint density at radius 2 is 1.77 bits per heavy atom. The summed E-state index contributed by atoms with van der Waals surface area (Å²) >= 11 is 0. The van der Waals surface area contributed by atoms with Crippen LogP contribution in [-0.4, -0.2) is 45.2 Å². The van der Waals surface area contributed by atoms with Crippen molar-refractivity contribution in [3.8, 4) is 5.75 Å². The van der Waals surface area contributed by atoms with Gasteiger partial charge in [-0.05, 0) is 60.7 Å². The summed E-state index contributed by atoms with van der Waals surface area (Å²) in [5.41, 5.74) is 2.66. The summed E-state index contributed by atoms with van der Waals surface area (Å²) in [5.74, 6) is 0.994. The highest BCUT2D eigenvalue weighted by Crippen LogP contribution is 2.33. The molecule has 1 unspecified atom stereocenters. The lowest BCUT2D eigenvalue weighted by Crippen LogP contribution is -2.28. The molecule has 0 radical (unpaired) electrons. The number of hydrogen-bond donors (Lipinski definition) is 0. The first-order valence-electron chi connectivity index (χ1n) is 10.2. The highest BCUT2D eigenvalue weighted by Gasteiger charge is 2.29. The van der Waals surface area contributed by atoms with Gasteiger partial charge in [-0.3, -0.25) is 9.10 Å². The summed E-state index contributed by atoms with van der Waals surface area (Å²) in [7, 11) is -1.54. The first kappa shape index (κ1) is 20.5. The summed E-state index contributed by atoms with van der Waals surface area (Å²) in [6.07, 6.45) is 5.97. The molecule has 2 aliphatic rings. The number of methoxy groups -OCH3 is 1. The Labute approximate surface area is 177 Å². The van der Waals surface area contributed by atoms with Crippen LogP contribution in [0.15, 0.2) is 54.6 Å². The van der Waals surface area contributed by atoms with Gasteiger partial charge in [0, 0.05) is 19.2 Å². The number of rotatable bonds is 5. The predicted molar refractivity (Wildman–Crippen MR) is 118 cm³/mol. The van der Waals surface area contributed by atoms with Crippen molar-refractivity contribution < 1.29 is 17.9 Å². The second kappa shape index (κ2) is 8.52. The minimum absolute atomic E-state index is 0.0143. The topological polar surface area (TPSA) is 66.9 Å². The first-order valence-corrected chi connectivity index (χ1v) is 11.8. The van der Waals surface area contributed by atoms with Crippen LogP contribution in [0.4, 0.5) is 5.69 Å². The Morgan fingerprint density at radius 3 is 2.40 bits per heavy atom. The average molecular weight is 427 g/mol. The lowest BCUT2D eigenvalue weighted by atomic mass is 10.0. The molecule has 2 aliphatic heterocycles. The van der Waals surface area contributed by atoms with E-state index < -0.39 is 10.0 Å². The van der Waals surface area contributed by atoms with Crippen molar-refractivity contribution >= 4 is 27.7 Å². The molecule has 7 heteroatoms. The molecule has 1 amide bonds. The van der Waals surface area contributed by atoms with Crippen molar-refractivity contribution in [3.63, 3.8) is 0 Å². The van der Waals surface area contributed by atoms with E-state index in [0.29, 0.717) is 18.7 Å². The Bertz CT molecular complexity index is 1030. The van der Waals surface area contributed by atoms with E-state index in [9.17, 15) is 13.2 Å². The van der Waals surface area contributed by atoms with Gasteiger partial charge in [0.25, 0.3) is 0 Å². The molecule has 2 fully saturated rings. The molecule has 158 valence electrons. The van der Waals surface area contributed by atoms with Crippen LogP contribution >= 0.6 is 0 Å². The van der Waals surface area contributed by atoms with E-state index in [2.05, 4.69) is 0 Å². The molecule has 6 nitrogen and oxygen atoms in total. The number of carbonyl (C=O) groups is 1. The van der Waals surface area contributed by atoms with Crippen molar-refractivity contribution in [2.75, 3.05) is 30.3 Å². The molecule has 2 aromatic rings. The summed E-state index contributed by atoms with van der Waals surface area (Å²) in [4.78, 5) is 14.7.